The molecule has 0 amide bonds. The van der Waals surface area contributed by atoms with E-state index in [4.69, 9.17) is 4.74 Å². The molecule has 0 aromatic rings. The number of ether oxygens (including phenoxy) is 1. The number of rotatable bonds is 8. The average Bonchev–Trinajstić information content (AvgIpc) is 2.33. The summed E-state index contributed by atoms with van der Waals surface area (Å²) in [6.45, 7) is 6.82. The van der Waals surface area contributed by atoms with Crippen LogP contribution in [0.4, 0.5) is 0 Å². The average molecular weight is 292 g/mol. The minimum Gasteiger partial charge on any atom is -0.377 e. The van der Waals surface area contributed by atoms with Crippen LogP contribution in [-0.4, -0.2) is 42.6 Å². The van der Waals surface area contributed by atoms with E-state index >= 15 is 0 Å². The van der Waals surface area contributed by atoms with Gasteiger partial charge in [0.25, 0.3) is 0 Å². The van der Waals surface area contributed by atoms with Crippen molar-refractivity contribution in [3.63, 3.8) is 0 Å². The summed E-state index contributed by atoms with van der Waals surface area (Å²) < 4.78 is 5.84. The molecule has 2 nitrogen and oxygen atoms in total. The second-order valence-corrected chi connectivity index (χ2v) is 5.48. The monoisotopic (exact) mass is 291 g/mol. The van der Waals surface area contributed by atoms with E-state index in [1.165, 1.54) is 45.2 Å². The maximum Gasteiger partial charge on any atom is 0.0702 e. The van der Waals surface area contributed by atoms with Crippen LogP contribution in [0.3, 0.4) is 0 Å². The van der Waals surface area contributed by atoms with E-state index in [0.717, 1.165) is 24.9 Å². The van der Waals surface area contributed by atoms with Crippen molar-refractivity contribution in [2.24, 2.45) is 0 Å². The van der Waals surface area contributed by atoms with Crippen LogP contribution < -0.4 is 0 Å². The van der Waals surface area contributed by atoms with Gasteiger partial charge in [-0.25, -0.2) is 0 Å². The molecule has 0 N–H and O–H groups in total. The predicted octanol–water partition coefficient (Wildman–Crippen LogP) is 3.44. The van der Waals surface area contributed by atoms with Crippen LogP contribution in [0.15, 0.2) is 0 Å². The Morgan fingerprint density at radius 2 is 2.19 bits per heavy atom. The van der Waals surface area contributed by atoms with E-state index in [2.05, 4.69) is 27.8 Å². The van der Waals surface area contributed by atoms with Crippen molar-refractivity contribution >= 4 is 15.9 Å². The Bertz CT molecular complexity index is 166. The molecule has 1 rings (SSSR count). The number of halogens is 1. The lowest BCUT2D eigenvalue weighted by molar-refractivity contribution is -0.000330. The highest BCUT2D eigenvalue weighted by Gasteiger charge is 2.19. The van der Waals surface area contributed by atoms with Gasteiger partial charge in [0.05, 0.1) is 6.10 Å². The fraction of sp³-hybridized carbons (Fsp3) is 1.00. The van der Waals surface area contributed by atoms with Gasteiger partial charge in [-0.3, -0.25) is 0 Å². The van der Waals surface area contributed by atoms with Crippen molar-refractivity contribution in [2.45, 2.75) is 51.6 Å². The zero-order valence-electron chi connectivity index (χ0n) is 10.6. The minimum absolute atomic E-state index is 0.505. The summed E-state index contributed by atoms with van der Waals surface area (Å²) in [7, 11) is 0. The number of likely N-dealkylation sites (tertiary alicyclic amines) is 1. The van der Waals surface area contributed by atoms with E-state index < -0.39 is 0 Å². The van der Waals surface area contributed by atoms with Crippen molar-refractivity contribution in [1.82, 2.24) is 4.90 Å². The van der Waals surface area contributed by atoms with Crippen molar-refractivity contribution in [2.75, 3.05) is 31.6 Å². The highest BCUT2D eigenvalue weighted by molar-refractivity contribution is 9.09. The van der Waals surface area contributed by atoms with Gasteiger partial charge >= 0.3 is 0 Å². The molecule has 3 heteroatoms. The van der Waals surface area contributed by atoms with Crippen molar-refractivity contribution in [3.8, 4) is 0 Å². The second-order valence-electron chi connectivity index (χ2n) is 4.69. The molecular weight excluding hydrogens is 266 g/mol. The largest absolute Gasteiger partial charge is 0.377 e. The third kappa shape index (κ3) is 6.21. The Balaban J connectivity index is 2.07. The van der Waals surface area contributed by atoms with Gasteiger partial charge in [-0.2, -0.15) is 0 Å². The molecule has 0 aromatic carbocycles. The van der Waals surface area contributed by atoms with Gasteiger partial charge in [0.15, 0.2) is 0 Å². The molecular formula is C13H26BrNO. The fourth-order valence-electron chi connectivity index (χ4n) is 2.24. The molecule has 1 atom stereocenters. The molecule has 1 fully saturated rings. The Morgan fingerprint density at radius 1 is 1.31 bits per heavy atom. The Kier molecular flexibility index (Phi) is 8.52. The molecule has 1 heterocycles. The van der Waals surface area contributed by atoms with Crippen LogP contribution in [-0.2, 0) is 4.74 Å². The molecule has 16 heavy (non-hydrogen) atoms. The number of alkyl halides is 1. The van der Waals surface area contributed by atoms with Crippen LogP contribution in [0, 0.1) is 0 Å². The molecule has 1 aliphatic rings. The van der Waals surface area contributed by atoms with Gasteiger partial charge < -0.3 is 9.64 Å². The van der Waals surface area contributed by atoms with Crippen molar-refractivity contribution < 1.29 is 4.74 Å². The zero-order chi connectivity index (χ0) is 11.6. The van der Waals surface area contributed by atoms with Gasteiger partial charge in [0.2, 0.25) is 0 Å². The summed E-state index contributed by atoms with van der Waals surface area (Å²) in [5.74, 6) is 0. The molecule has 0 radical (unpaired) electrons. The summed E-state index contributed by atoms with van der Waals surface area (Å²) in [6, 6.07) is 0. The van der Waals surface area contributed by atoms with E-state index in [1.807, 2.05) is 0 Å². The summed E-state index contributed by atoms with van der Waals surface area (Å²) in [5.41, 5.74) is 0. The van der Waals surface area contributed by atoms with Crippen LogP contribution in [0.2, 0.25) is 0 Å². The summed E-state index contributed by atoms with van der Waals surface area (Å²) in [4.78, 5) is 2.58. The summed E-state index contributed by atoms with van der Waals surface area (Å²) in [6.07, 6.45) is 8.22. The smallest absolute Gasteiger partial charge is 0.0702 e. The third-order valence-electron chi connectivity index (χ3n) is 3.13. The topological polar surface area (TPSA) is 12.5 Å². The quantitative estimate of drug-likeness (QED) is 0.502. The molecule has 96 valence electrons. The first-order valence-corrected chi connectivity index (χ1v) is 7.89. The van der Waals surface area contributed by atoms with Gasteiger partial charge in [0, 0.05) is 18.5 Å². The van der Waals surface area contributed by atoms with E-state index in [1.54, 1.807) is 0 Å². The normalized spacial score (nSPS) is 22.5. The molecule has 0 spiro atoms. The van der Waals surface area contributed by atoms with E-state index in [-0.39, 0.29) is 0 Å². The first kappa shape index (κ1) is 14.5. The second kappa shape index (κ2) is 9.43. The minimum atomic E-state index is 0.505. The predicted molar refractivity (Wildman–Crippen MR) is 73.4 cm³/mol. The lowest BCUT2D eigenvalue weighted by atomic mass is 10.1. The lowest BCUT2D eigenvalue weighted by Crippen LogP contribution is -2.40. The number of hydrogen-bond donors (Lipinski definition) is 0. The fourth-order valence-corrected chi connectivity index (χ4v) is 2.64. The van der Waals surface area contributed by atoms with E-state index in [0.29, 0.717) is 6.10 Å². The molecule has 1 saturated heterocycles. The summed E-state index contributed by atoms with van der Waals surface area (Å²) in [5, 5.41) is 1.15. The standard InChI is InChI=1S/C13H26BrNO/c1-2-11-16-13-7-6-10-15(12-13)9-5-3-4-8-14/h13H,2-12H2,1H3. The highest BCUT2D eigenvalue weighted by atomic mass is 79.9. The first-order valence-electron chi connectivity index (χ1n) is 6.76. The summed E-state index contributed by atoms with van der Waals surface area (Å²) >= 11 is 3.48. The third-order valence-corrected chi connectivity index (χ3v) is 3.69. The zero-order valence-corrected chi connectivity index (χ0v) is 12.2. The van der Waals surface area contributed by atoms with Gasteiger partial charge in [-0.1, -0.05) is 29.3 Å². The maximum atomic E-state index is 5.84. The number of piperidine rings is 1. The Morgan fingerprint density at radius 3 is 2.94 bits per heavy atom. The van der Waals surface area contributed by atoms with Crippen molar-refractivity contribution in [1.29, 1.82) is 0 Å². The molecule has 0 bridgehead atoms. The van der Waals surface area contributed by atoms with Gasteiger partial charge in [-0.05, 0) is 45.2 Å². The molecule has 1 unspecified atom stereocenters. The van der Waals surface area contributed by atoms with Crippen LogP contribution in [0.1, 0.15) is 45.4 Å². The molecule has 0 aliphatic carbocycles. The number of nitrogens with zero attached hydrogens (tertiary/aromatic N) is 1. The van der Waals surface area contributed by atoms with Crippen LogP contribution in [0.25, 0.3) is 0 Å². The number of unbranched alkanes of at least 4 members (excludes halogenated alkanes) is 2. The van der Waals surface area contributed by atoms with Gasteiger partial charge in [-0.15, -0.1) is 0 Å². The van der Waals surface area contributed by atoms with Gasteiger partial charge in [0.1, 0.15) is 0 Å². The molecule has 1 aliphatic heterocycles. The SMILES string of the molecule is CCCOC1CCCN(CCCCCBr)C1. The maximum absolute atomic E-state index is 5.84. The van der Waals surface area contributed by atoms with Crippen LogP contribution in [0.5, 0.6) is 0 Å². The number of hydrogen-bond acceptors (Lipinski definition) is 2. The highest BCUT2D eigenvalue weighted by Crippen LogP contribution is 2.14. The molecule has 0 saturated carbocycles. The van der Waals surface area contributed by atoms with Crippen LogP contribution >= 0.6 is 15.9 Å². The Labute approximate surface area is 109 Å². The Hall–Kier alpha value is 0.400. The van der Waals surface area contributed by atoms with Crippen molar-refractivity contribution in [3.05, 3.63) is 0 Å². The first-order chi connectivity index (χ1) is 7.86. The molecule has 0 aromatic heterocycles. The van der Waals surface area contributed by atoms with E-state index in [9.17, 15) is 0 Å². The lowest BCUT2D eigenvalue weighted by Gasteiger charge is -2.32.